The summed E-state index contributed by atoms with van der Waals surface area (Å²) in [7, 11) is 0. The van der Waals surface area contributed by atoms with Gasteiger partial charge in [0.1, 0.15) is 5.75 Å². The molecule has 1 amide bonds. The maximum absolute atomic E-state index is 11.5. The number of halogens is 1. The van der Waals surface area contributed by atoms with E-state index >= 15 is 0 Å². The van der Waals surface area contributed by atoms with Crippen LogP contribution < -0.4 is 21.1 Å². The van der Waals surface area contributed by atoms with Gasteiger partial charge in [-0.05, 0) is 63.8 Å². The molecule has 154 valence electrons. The summed E-state index contributed by atoms with van der Waals surface area (Å²) in [5, 5.41) is 6.06. The highest BCUT2D eigenvalue weighted by atomic mass is 79.9. The Morgan fingerprint density at radius 3 is 2.97 bits per heavy atom. The number of carbonyl (C=O) groups is 1. The number of aromatic nitrogens is 2. The zero-order valence-electron chi connectivity index (χ0n) is 16.0. The molecule has 1 aliphatic rings. The van der Waals surface area contributed by atoms with Gasteiger partial charge < -0.3 is 25.8 Å². The molecular weight excluding hydrogens is 450 g/mol. The molecule has 30 heavy (non-hydrogen) atoms. The molecule has 8 nitrogen and oxygen atoms in total. The first-order valence-corrected chi connectivity index (χ1v) is 10.2. The average molecular weight is 470 g/mol. The van der Waals surface area contributed by atoms with Crippen molar-refractivity contribution in [2.45, 2.75) is 19.4 Å². The fourth-order valence-electron chi connectivity index (χ4n) is 3.06. The molecule has 0 saturated heterocycles. The number of nitrogens with two attached hydrogens (primary N) is 1. The fraction of sp³-hybridized carbons (Fsp3) is 0.190. The minimum absolute atomic E-state index is 0.0416. The summed E-state index contributed by atoms with van der Waals surface area (Å²) < 4.78 is 11.8. The van der Waals surface area contributed by atoms with Crippen LogP contribution in [0.25, 0.3) is 0 Å². The van der Waals surface area contributed by atoms with E-state index < -0.39 is 0 Å². The third-order valence-corrected chi connectivity index (χ3v) is 5.01. The summed E-state index contributed by atoms with van der Waals surface area (Å²) in [6.07, 6.45) is 2.82. The van der Waals surface area contributed by atoms with E-state index in [0.29, 0.717) is 41.5 Å². The van der Waals surface area contributed by atoms with Gasteiger partial charge >= 0.3 is 0 Å². The van der Waals surface area contributed by atoms with E-state index in [1.54, 1.807) is 6.20 Å². The smallest absolute Gasteiger partial charge is 0.238 e. The molecule has 2 heterocycles. The Morgan fingerprint density at radius 1 is 1.20 bits per heavy atom. The highest BCUT2D eigenvalue weighted by Gasteiger charge is 2.15. The SMILES string of the molecule is NCOCc1cccc(Oc2nc(Nc3ccc4c(c3)CCC(=O)N4)ncc2Br)c1. The second-order valence-corrected chi connectivity index (χ2v) is 7.51. The molecular formula is C21H20BrN5O3. The average Bonchev–Trinajstić information content (AvgIpc) is 2.75. The number of anilines is 3. The van der Waals surface area contributed by atoms with Crippen molar-refractivity contribution in [2.24, 2.45) is 5.73 Å². The van der Waals surface area contributed by atoms with Crippen molar-refractivity contribution in [3.63, 3.8) is 0 Å². The summed E-state index contributed by atoms with van der Waals surface area (Å²) in [6, 6.07) is 13.3. The molecule has 0 spiro atoms. The molecule has 1 aromatic heterocycles. The van der Waals surface area contributed by atoms with Crippen LogP contribution in [0.5, 0.6) is 11.6 Å². The molecule has 0 saturated carbocycles. The van der Waals surface area contributed by atoms with Gasteiger partial charge in [-0.2, -0.15) is 4.98 Å². The second-order valence-electron chi connectivity index (χ2n) is 6.66. The standard InChI is InChI=1S/C21H20BrN5O3/c22-17-10-24-21(25-15-5-6-18-14(9-15)4-7-19(28)26-18)27-20(17)30-16-3-1-2-13(8-16)11-29-12-23/h1-3,5-6,8-10H,4,7,11-12,23H2,(H,26,28)(H,24,25,27). The monoisotopic (exact) mass is 469 g/mol. The Bertz CT molecular complexity index is 1080. The van der Waals surface area contributed by atoms with E-state index in [1.165, 1.54) is 0 Å². The first-order valence-electron chi connectivity index (χ1n) is 9.37. The van der Waals surface area contributed by atoms with Gasteiger partial charge in [-0.3, -0.25) is 4.79 Å². The van der Waals surface area contributed by atoms with Crippen molar-refractivity contribution in [2.75, 3.05) is 17.4 Å². The molecule has 0 aliphatic carbocycles. The van der Waals surface area contributed by atoms with Gasteiger partial charge in [0.15, 0.2) is 0 Å². The minimum Gasteiger partial charge on any atom is -0.438 e. The molecule has 0 fully saturated rings. The first kappa shape index (κ1) is 20.3. The summed E-state index contributed by atoms with van der Waals surface area (Å²) in [4.78, 5) is 20.3. The van der Waals surface area contributed by atoms with Crippen molar-refractivity contribution in [1.29, 1.82) is 0 Å². The van der Waals surface area contributed by atoms with Gasteiger partial charge in [0, 0.05) is 17.8 Å². The zero-order valence-corrected chi connectivity index (χ0v) is 17.6. The Kier molecular flexibility index (Phi) is 6.22. The molecule has 0 bridgehead atoms. The number of rotatable bonds is 7. The first-order chi connectivity index (χ1) is 14.6. The third kappa shape index (κ3) is 4.93. The quantitative estimate of drug-likeness (QED) is 0.446. The number of fused-ring (bicyclic) bond motifs is 1. The van der Waals surface area contributed by atoms with E-state index in [0.717, 1.165) is 22.5 Å². The van der Waals surface area contributed by atoms with E-state index in [4.69, 9.17) is 15.2 Å². The Hall–Kier alpha value is -3.01. The normalized spacial score (nSPS) is 12.8. The number of aryl methyl sites for hydroxylation is 1. The van der Waals surface area contributed by atoms with Gasteiger partial charge in [0.05, 0.1) is 24.0 Å². The maximum atomic E-state index is 11.5. The van der Waals surface area contributed by atoms with E-state index in [1.807, 2.05) is 42.5 Å². The lowest BCUT2D eigenvalue weighted by molar-refractivity contribution is -0.116. The topological polar surface area (TPSA) is 111 Å². The van der Waals surface area contributed by atoms with Crippen LogP contribution >= 0.6 is 15.9 Å². The number of amides is 1. The van der Waals surface area contributed by atoms with E-state index in [9.17, 15) is 4.79 Å². The summed E-state index contributed by atoms with van der Waals surface area (Å²) in [6.45, 7) is 0.566. The van der Waals surface area contributed by atoms with Crippen molar-refractivity contribution < 1.29 is 14.3 Å². The van der Waals surface area contributed by atoms with Gasteiger partial charge in [0.25, 0.3) is 0 Å². The molecule has 0 radical (unpaired) electrons. The highest BCUT2D eigenvalue weighted by molar-refractivity contribution is 9.10. The number of nitrogens with one attached hydrogen (secondary N) is 2. The van der Waals surface area contributed by atoms with Crippen molar-refractivity contribution in [3.05, 3.63) is 64.3 Å². The molecule has 1 aliphatic heterocycles. The molecule has 4 N–H and O–H groups in total. The van der Waals surface area contributed by atoms with Gasteiger partial charge in [-0.1, -0.05) is 12.1 Å². The van der Waals surface area contributed by atoms with Crippen LogP contribution in [0.4, 0.5) is 17.3 Å². The van der Waals surface area contributed by atoms with Crippen molar-refractivity contribution in [1.82, 2.24) is 9.97 Å². The lowest BCUT2D eigenvalue weighted by Gasteiger charge is -2.18. The number of carbonyl (C=O) groups excluding carboxylic acids is 1. The van der Waals surface area contributed by atoms with Crippen molar-refractivity contribution in [3.8, 4) is 11.6 Å². The van der Waals surface area contributed by atoms with Crippen LogP contribution in [0.3, 0.4) is 0 Å². The predicted octanol–water partition coefficient (Wildman–Crippen LogP) is 4.09. The fourth-order valence-corrected chi connectivity index (χ4v) is 3.33. The number of hydrogen-bond donors (Lipinski definition) is 3. The van der Waals surface area contributed by atoms with Crippen LogP contribution in [0.15, 0.2) is 53.1 Å². The molecule has 0 atom stereocenters. The molecule has 3 aromatic rings. The van der Waals surface area contributed by atoms with E-state index in [-0.39, 0.29) is 12.6 Å². The van der Waals surface area contributed by atoms with Gasteiger partial charge in [0.2, 0.25) is 17.7 Å². The highest BCUT2D eigenvalue weighted by Crippen LogP contribution is 2.30. The maximum Gasteiger partial charge on any atom is 0.238 e. The lowest BCUT2D eigenvalue weighted by Crippen LogP contribution is -2.18. The van der Waals surface area contributed by atoms with Gasteiger partial charge in [-0.25, -0.2) is 4.98 Å². The number of ether oxygens (including phenoxy) is 2. The Balaban J connectivity index is 1.50. The Labute approximate surface area is 181 Å². The molecule has 4 rings (SSSR count). The predicted molar refractivity (Wildman–Crippen MR) is 117 cm³/mol. The van der Waals surface area contributed by atoms with Crippen LogP contribution in [0.2, 0.25) is 0 Å². The van der Waals surface area contributed by atoms with Crippen LogP contribution in [0.1, 0.15) is 17.5 Å². The number of benzene rings is 2. The zero-order chi connectivity index (χ0) is 20.9. The molecule has 2 aromatic carbocycles. The lowest BCUT2D eigenvalue weighted by atomic mass is 10.0. The van der Waals surface area contributed by atoms with Crippen LogP contribution in [-0.4, -0.2) is 22.6 Å². The second kappa shape index (κ2) is 9.21. The largest absolute Gasteiger partial charge is 0.438 e. The summed E-state index contributed by atoms with van der Waals surface area (Å²) >= 11 is 3.43. The summed E-state index contributed by atoms with van der Waals surface area (Å²) in [5.41, 5.74) is 9.08. The molecule has 0 unspecified atom stereocenters. The van der Waals surface area contributed by atoms with Crippen LogP contribution in [-0.2, 0) is 22.6 Å². The third-order valence-electron chi connectivity index (χ3n) is 4.47. The minimum atomic E-state index is 0.0416. The Morgan fingerprint density at radius 2 is 2.10 bits per heavy atom. The van der Waals surface area contributed by atoms with Gasteiger partial charge in [-0.15, -0.1) is 0 Å². The number of nitrogens with zero attached hydrogens (tertiary/aromatic N) is 2. The number of hydrogen-bond acceptors (Lipinski definition) is 7. The molecule has 9 heteroatoms. The summed E-state index contributed by atoms with van der Waals surface area (Å²) in [5.74, 6) is 1.45. The van der Waals surface area contributed by atoms with Crippen LogP contribution in [0, 0.1) is 0 Å². The van der Waals surface area contributed by atoms with Crippen molar-refractivity contribution >= 4 is 39.2 Å². The van der Waals surface area contributed by atoms with E-state index in [2.05, 4.69) is 36.5 Å².